The van der Waals surface area contributed by atoms with E-state index in [1.165, 1.54) is 31.3 Å². The Morgan fingerprint density at radius 1 is 1.14 bits per heavy atom. The van der Waals surface area contributed by atoms with E-state index in [4.69, 9.17) is 9.47 Å². The average Bonchev–Trinajstić information content (AvgIpc) is 3.03. The van der Waals surface area contributed by atoms with Crippen LogP contribution >= 0.6 is 15.9 Å². The van der Waals surface area contributed by atoms with Crippen molar-refractivity contribution in [3.63, 3.8) is 0 Å². The number of nitrogens with one attached hydrogen (secondary N) is 1. The summed E-state index contributed by atoms with van der Waals surface area (Å²) in [6, 6.07) is 9.20. The van der Waals surface area contributed by atoms with Gasteiger partial charge in [0.1, 0.15) is 12.4 Å². The van der Waals surface area contributed by atoms with E-state index in [2.05, 4.69) is 21.2 Å². The Morgan fingerprint density at radius 2 is 1.89 bits per heavy atom. The van der Waals surface area contributed by atoms with Crippen LogP contribution in [0.15, 0.2) is 40.9 Å². The summed E-state index contributed by atoms with van der Waals surface area (Å²) in [6.07, 6.45) is 0. The molecule has 2 aromatic rings. The van der Waals surface area contributed by atoms with Crippen molar-refractivity contribution >= 4 is 39.2 Å². The number of hydrogen-bond donors (Lipinski definition) is 1. The number of methoxy groups -OCH3 is 2. The van der Waals surface area contributed by atoms with E-state index < -0.39 is 11.7 Å². The van der Waals surface area contributed by atoms with E-state index in [1.54, 1.807) is 29.2 Å². The standard InChI is InChI=1S/C19H19BrFN3O4/c1-27-16-6-4-13(10-17(16)28-2)24-8-7-23(19(24)26)11-18(25)22-15-5-3-12(20)9-14(15)21/h3-6,9-10H,7-8,11H2,1-2H3,(H,22,25). The van der Waals surface area contributed by atoms with Gasteiger partial charge >= 0.3 is 6.03 Å². The number of benzene rings is 2. The summed E-state index contributed by atoms with van der Waals surface area (Å²) in [5, 5.41) is 2.49. The Kier molecular flexibility index (Phi) is 6.03. The third kappa shape index (κ3) is 4.19. The average molecular weight is 452 g/mol. The van der Waals surface area contributed by atoms with E-state index in [-0.39, 0.29) is 18.3 Å². The third-order valence-electron chi connectivity index (χ3n) is 4.31. The molecular weight excluding hydrogens is 433 g/mol. The lowest BCUT2D eigenvalue weighted by molar-refractivity contribution is -0.116. The van der Waals surface area contributed by atoms with Gasteiger partial charge in [0, 0.05) is 29.3 Å². The molecule has 2 aromatic carbocycles. The van der Waals surface area contributed by atoms with E-state index in [0.29, 0.717) is 34.7 Å². The lowest BCUT2D eigenvalue weighted by Crippen LogP contribution is -2.37. The highest BCUT2D eigenvalue weighted by molar-refractivity contribution is 9.10. The Morgan fingerprint density at radius 3 is 2.57 bits per heavy atom. The van der Waals surface area contributed by atoms with Gasteiger partial charge in [-0.05, 0) is 30.3 Å². The first-order chi connectivity index (χ1) is 13.4. The second-order valence-electron chi connectivity index (χ2n) is 6.07. The van der Waals surface area contributed by atoms with Crippen molar-refractivity contribution in [2.24, 2.45) is 0 Å². The number of halogens is 2. The molecule has 1 saturated heterocycles. The zero-order valence-corrected chi connectivity index (χ0v) is 17.0. The summed E-state index contributed by atoms with van der Waals surface area (Å²) in [5.41, 5.74) is 0.709. The van der Waals surface area contributed by atoms with Gasteiger partial charge in [-0.25, -0.2) is 9.18 Å². The maximum absolute atomic E-state index is 13.9. The maximum atomic E-state index is 13.9. The molecule has 1 fully saturated rings. The quantitative estimate of drug-likeness (QED) is 0.729. The molecule has 0 radical (unpaired) electrons. The molecule has 1 heterocycles. The smallest absolute Gasteiger partial charge is 0.325 e. The number of hydrogen-bond acceptors (Lipinski definition) is 4. The normalized spacial score (nSPS) is 13.6. The van der Waals surface area contributed by atoms with Gasteiger partial charge in [0.15, 0.2) is 11.5 Å². The van der Waals surface area contributed by atoms with Crippen LogP contribution in [0.1, 0.15) is 0 Å². The Labute approximate surface area is 170 Å². The fourth-order valence-corrected chi connectivity index (χ4v) is 3.25. The van der Waals surface area contributed by atoms with E-state index in [9.17, 15) is 14.0 Å². The van der Waals surface area contributed by atoms with Crippen LogP contribution in [0.25, 0.3) is 0 Å². The summed E-state index contributed by atoms with van der Waals surface area (Å²) >= 11 is 3.16. The molecule has 0 spiro atoms. The second kappa shape index (κ2) is 8.47. The van der Waals surface area contributed by atoms with Crippen molar-refractivity contribution in [2.45, 2.75) is 0 Å². The summed E-state index contributed by atoms with van der Waals surface area (Å²) in [5.74, 6) is 0.0477. The highest BCUT2D eigenvalue weighted by Crippen LogP contribution is 2.32. The number of carbonyl (C=O) groups excluding carboxylic acids is 2. The Hall–Kier alpha value is -2.81. The number of amides is 3. The maximum Gasteiger partial charge on any atom is 0.325 e. The van der Waals surface area contributed by atoms with E-state index >= 15 is 0 Å². The SMILES string of the molecule is COc1ccc(N2CCN(CC(=O)Nc3ccc(Br)cc3F)C2=O)cc1OC. The fourth-order valence-electron chi connectivity index (χ4n) is 2.92. The predicted octanol–water partition coefficient (Wildman–Crippen LogP) is 3.49. The minimum absolute atomic E-state index is 0.0663. The number of anilines is 2. The van der Waals surface area contributed by atoms with Gasteiger partial charge in [0.05, 0.1) is 19.9 Å². The van der Waals surface area contributed by atoms with Crippen LogP contribution in [-0.2, 0) is 4.79 Å². The lowest BCUT2D eigenvalue weighted by atomic mass is 10.2. The minimum atomic E-state index is -0.553. The first-order valence-corrected chi connectivity index (χ1v) is 9.25. The molecular formula is C19H19BrFN3O4. The van der Waals surface area contributed by atoms with Crippen molar-refractivity contribution < 1.29 is 23.5 Å². The molecule has 3 amide bonds. The molecule has 1 aliphatic heterocycles. The predicted molar refractivity (Wildman–Crippen MR) is 107 cm³/mol. The highest BCUT2D eigenvalue weighted by atomic mass is 79.9. The molecule has 7 nitrogen and oxygen atoms in total. The van der Waals surface area contributed by atoms with Gasteiger partial charge < -0.3 is 19.7 Å². The van der Waals surface area contributed by atoms with Gasteiger partial charge in [-0.2, -0.15) is 0 Å². The van der Waals surface area contributed by atoms with Crippen LogP contribution in [0.2, 0.25) is 0 Å². The topological polar surface area (TPSA) is 71.1 Å². The van der Waals surface area contributed by atoms with Crippen LogP contribution in [0.4, 0.5) is 20.6 Å². The number of nitrogens with zero attached hydrogens (tertiary/aromatic N) is 2. The molecule has 3 rings (SSSR count). The van der Waals surface area contributed by atoms with Crippen molar-refractivity contribution in [2.75, 3.05) is 44.1 Å². The van der Waals surface area contributed by atoms with Crippen molar-refractivity contribution in [3.8, 4) is 11.5 Å². The van der Waals surface area contributed by atoms with E-state index in [0.717, 1.165) is 0 Å². The van der Waals surface area contributed by atoms with Gasteiger partial charge in [0.25, 0.3) is 0 Å². The van der Waals surface area contributed by atoms with Crippen molar-refractivity contribution in [1.29, 1.82) is 0 Å². The monoisotopic (exact) mass is 451 g/mol. The van der Waals surface area contributed by atoms with Gasteiger partial charge in [-0.15, -0.1) is 0 Å². The van der Waals surface area contributed by atoms with Gasteiger partial charge in [0.2, 0.25) is 5.91 Å². The van der Waals surface area contributed by atoms with Crippen molar-refractivity contribution in [1.82, 2.24) is 4.90 Å². The molecule has 9 heteroatoms. The molecule has 1 N–H and O–H groups in total. The highest BCUT2D eigenvalue weighted by Gasteiger charge is 2.31. The zero-order chi connectivity index (χ0) is 20.3. The molecule has 148 valence electrons. The van der Waals surface area contributed by atoms with Gasteiger partial charge in [-0.3, -0.25) is 9.69 Å². The zero-order valence-electron chi connectivity index (χ0n) is 15.4. The fraction of sp³-hybridized carbons (Fsp3) is 0.263. The first-order valence-electron chi connectivity index (χ1n) is 8.46. The molecule has 0 aliphatic carbocycles. The minimum Gasteiger partial charge on any atom is -0.493 e. The largest absolute Gasteiger partial charge is 0.493 e. The third-order valence-corrected chi connectivity index (χ3v) is 4.81. The summed E-state index contributed by atoms with van der Waals surface area (Å²) in [7, 11) is 3.05. The molecule has 0 aromatic heterocycles. The van der Waals surface area contributed by atoms with Crippen LogP contribution in [0.5, 0.6) is 11.5 Å². The number of ether oxygens (including phenoxy) is 2. The lowest BCUT2D eigenvalue weighted by Gasteiger charge is -2.19. The second-order valence-corrected chi connectivity index (χ2v) is 6.98. The number of carbonyl (C=O) groups is 2. The molecule has 28 heavy (non-hydrogen) atoms. The van der Waals surface area contributed by atoms with Crippen molar-refractivity contribution in [3.05, 3.63) is 46.7 Å². The summed E-state index contributed by atoms with van der Waals surface area (Å²) in [6.45, 7) is 0.635. The Bertz CT molecular complexity index is 909. The van der Waals surface area contributed by atoms with Crippen LogP contribution in [0.3, 0.4) is 0 Å². The number of urea groups is 1. The van der Waals surface area contributed by atoms with Crippen LogP contribution in [-0.4, -0.2) is 50.7 Å². The molecule has 1 aliphatic rings. The first kappa shape index (κ1) is 19.9. The molecule has 0 atom stereocenters. The van der Waals surface area contributed by atoms with E-state index in [1.807, 2.05) is 0 Å². The summed E-state index contributed by atoms with van der Waals surface area (Å²) in [4.78, 5) is 27.9. The van der Waals surface area contributed by atoms with Crippen LogP contribution in [0, 0.1) is 5.82 Å². The Balaban J connectivity index is 1.66. The van der Waals surface area contributed by atoms with Gasteiger partial charge in [-0.1, -0.05) is 15.9 Å². The van der Waals surface area contributed by atoms with Crippen LogP contribution < -0.4 is 19.7 Å². The molecule has 0 saturated carbocycles. The number of rotatable bonds is 6. The molecule has 0 unspecified atom stereocenters. The summed E-state index contributed by atoms with van der Waals surface area (Å²) < 4.78 is 24.9. The molecule has 0 bridgehead atoms.